The summed E-state index contributed by atoms with van der Waals surface area (Å²) in [6, 6.07) is 5.72. The van der Waals surface area contributed by atoms with Crippen LogP contribution >= 0.6 is 0 Å². The second-order valence-corrected chi connectivity index (χ2v) is 4.48. The maximum Gasteiger partial charge on any atom is 0.416 e. The van der Waals surface area contributed by atoms with Crippen LogP contribution in [-0.4, -0.2) is 6.54 Å². The molecule has 1 heterocycles. The number of rotatable bonds is 1. The number of nitrogens with one attached hydrogen (secondary N) is 1. The van der Waals surface area contributed by atoms with E-state index in [4.69, 9.17) is 0 Å². The number of hydrogen-bond donors (Lipinski definition) is 1. The van der Waals surface area contributed by atoms with E-state index in [2.05, 4.69) is 5.32 Å². The molecule has 17 heavy (non-hydrogen) atoms. The third kappa shape index (κ3) is 3.22. The molecule has 1 atom stereocenters. The predicted octanol–water partition coefficient (Wildman–Crippen LogP) is 3.91. The summed E-state index contributed by atoms with van der Waals surface area (Å²) in [6.45, 7) is 0.950. The molecule has 0 amide bonds. The molecule has 1 nitrogen and oxygen atoms in total. The van der Waals surface area contributed by atoms with Crippen LogP contribution in [0.3, 0.4) is 0 Å². The van der Waals surface area contributed by atoms with Crippen LogP contribution in [0.15, 0.2) is 24.3 Å². The van der Waals surface area contributed by atoms with E-state index < -0.39 is 11.7 Å². The van der Waals surface area contributed by atoms with Gasteiger partial charge >= 0.3 is 6.18 Å². The highest BCUT2D eigenvalue weighted by molar-refractivity contribution is 5.26. The third-order valence-electron chi connectivity index (χ3n) is 3.20. The summed E-state index contributed by atoms with van der Waals surface area (Å²) in [5.74, 6) is 0. The Bertz CT molecular complexity index is 348. The van der Waals surface area contributed by atoms with Gasteiger partial charge in [-0.15, -0.1) is 0 Å². The zero-order chi connectivity index (χ0) is 12.3. The van der Waals surface area contributed by atoms with Crippen LogP contribution in [0.25, 0.3) is 0 Å². The second kappa shape index (κ2) is 5.08. The molecule has 0 radical (unpaired) electrons. The van der Waals surface area contributed by atoms with E-state index in [0.29, 0.717) is 0 Å². The summed E-state index contributed by atoms with van der Waals surface area (Å²) in [5.41, 5.74) is 0.384. The molecule has 0 saturated carbocycles. The summed E-state index contributed by atoms with van der Waals surface area (Å²) in [7, 11) is 0. The highest BCUT2D eigenvalue weighted by Gasteiger charge is 2.30. The minimum atomic E-state index is -4.24. The normalized spacial score (nSPS) is 22.2. The highest BCUT2D eigenvalue weighted by Crippen LogP contribution is 2.31. The lowest BCUT2D eigenvalue weighted by Gasteiger charge is -2.17. The molecule has 2 rings (SSSR count). The summed E-state index contributed by atoms with van der Waals surface area (Å²) in [5, 5.41) is 3.37. The molecule has 1 saturated heterocycles. The van der Waals surface area contributed by atoms with Crippen LogP contribution in [0.2, 0.25) is 0 Å². The minimum Gasteiger partial charge on any atom is -0.310 e. The molecule has 1 aromatic carbocycles. The predicted molar refractivity (Wildman–Crippen MR) is 60.7 cm³/mol. The molecular formula is C13H16F3N. The Balaban J connectivity index is 2.11. The fraction of sp³-hybridized carbons (Fsp3) is 0.538. The van der Waals surface area contributed by atoms with Crippen LogP contribution in [0, 0.1) is 0 Å². The van der Waals surface area contributed by atoms with Gasteiger partial charge in [-0.25, -0.2) is 0 Å². The lowest BCUT2D eigenvalue weighted by Crippen LogP contribution is -2.20. The van der Waals surface area contributed by atoms with Crippen molar-refractivity contribution in [2.24, 2.45) is 0 Å². The van der Waals surface area contributed by atoms with E-state index in [9.17, 15) is 13.2 Å². The molecule has 94 valence electrons. The molecule has 4 heteroatoms. The van der Waals surface area contributed by atoms with Crippen molar-refractivity contribution in [1.29, 1.82) is 0 Å². The Morgan fingerprint density at radius 3 is 2.35 bits per heavy atom. The Labute approximate surface area is 99.0 Å². The molecular weight excluding hydrogens is 227 g/mol. The Hall–Kier alpha value is -1.03. The van der Waals surface area contributed by atoms with Crippen LogP contribution in [0.1, 0.15) is 42.9 Å². The van der Waals surface area contributed by atoms with Crippen LogP contribution in [0.5, 0.6) is 0 Å². The largest absolute Gasteiger partial charge is 0.416 e. The van der Waals surface area contributed by atoms with Crippen molar-refractivity contribution in [2.45, 2.75) is 37.9 Å². The average Bonchev–Trinajstić information content (AvgIpc) is 2.56. The lowest BCUT2D eigenvalue weighted by molar-refractivity contribution is -0.137. The Morgan fingerprint density at radius 1 is 1.00 bits per heavy atom. The van der Waals surface area contributed by atoms with Gasteiger partial charge in [0, 0.05) is 6.04 Å². The van der Waals surface area contributed by atoms with Gasteiger partial charge in [0.2, 0.25) is 0 Å². The first-order valence-electron chi connectivity index (χ1n) is 5.98. The molecule has 1 aromatic rings. The molecule has 1 fully saturated rings. The van der Waals surface area contributed by atoms with Crippen LogP contribution < -0.4 is 5.32 Å². The van der Waals surface area contributed by atoms with Gasteiger partial charge in [-0.05, 0) is 37.1 Å². The van der Waals surface area contributed by atoms with Crippen molar-refractivity contribution in [2.75, 3.05) is 6.54 Å². The van der Waals surface area contributed by atoms with E-state index in [1.54, 1.807) is 12.1 Å². The van der Waals surface area contributed by atoms with Gasteiger partial charge in [-0.3, -0.25) is 0 Å². The number of benzene rings is 1. The molecule has 0 aromatic heterocycles. The second-order valence-electron chi connectivity index (χ2n) is 4.48. The van der Waals surface area contributed by atoms with E-state index in [1.807, 2.05) is 0 Å². The zero-order valence-corrected chi connectivity index (χ0v) is 9.56. The first kappa shape index (κ1) is 12.4. The van der Waals surface area contributed by atoms with E-state index in [0.717, 1.165) is 31.4 Å². The van der Waals surface area contributed by atoms with Gasteiger partial charge < -0.3 is 5.32 Å². The third-order valence-corrected chi connectivity index (χ3v) is 3.20. The van der Waals surface area contributed by atoms with E-state index >= 15 is 0 Å². The van der Waals surface area contributed by atoms with Crippen molar-refractivity contribution in [3.05, 3.63) is 35.4 Å². The van der Waals surface area contributed by atoms with Gasteiger partial charge in [0.1, 0.15) is 0 Å². The summed E-state index contributed by atoms with van der Waals surface area (Å²) >= 11 is 0. The van der Waals surface area contributed by atoms with Gasteiger partial charge in [0.05, 0.1) is 5.56 Å². The first-order chi connectivity index (χ1) is 8.07. The van der Waals surface area contributed by atoms with E-state index in [-0.39, 0.29) is 6.04 Å². The molecule has 1 N–H and O–H groups in total. The maximum absolute atomic E-state index is 12.4. The standard InChI is InChI=1S/C13H16F3N/c14-13(15,16)11-7-5-10(6-8-11)12-4-2-1-3-9-17-12/h5-8,12,17H,1-4,9H2. The smallest absolute Gasteiger partial charge is 0.310 e. The van der Waals surface area contributed by atoms with E-state index in [1.165, 1.54) is 18.6 Å². The zero-order valence-electron chi connectivity index (χ0n) is 9.56. The van der Waals surface area contributed by atoms with Gasteiger partial charge in [0.15, 0.2) is 0 Å². The quantitative estimate of drug-likeness (QED) is 0.788. The number of hydrogen-bond acceptors (Lipinski definition) is 1. The van der Waals surface area contributed by atoms with Gasteiger partial charge in [-0.1, -0.05) is 25.0 Å². The molecule has 1 unspecified atom stereocenters. The topological polar surface area (TPSA) is 12.0 Å². The molecule has 1 aliphatic rings. The molecule has 0 aliphatic carbocycles. The molecule has 0 bridgehead atoms. The number of alkyl halides is 3. The first-order valence-corrected chi connectivity index (χ1v) is 5.98. The molecule has 1 aliphatic heterocycles. The lowest BCUT2D eigenvalue weighted by atomic mass is 10.0. The van der Waals surface area contributed by atoms with Crippen LogP contribution in [0.4, 0.5) is 13.2 Å². The van der Waals surface area contributed by atoms with Crippen molar-refractivity contribution >= 4 is 0 Å². The summed E-state index contributed by atoms with van der Waals surface area (Å²) in [6.07, 6.45) is 0.251. The Kier molecular flexibility index (Phi) is 3.72. The SMILES string of the molecule is FC(F)(F)c1ccc(C2CCCCCN2)cc1. The van der Waals surface area contributed by atoms with Crippen molar-refractivity contribution in [3.8, 4) is 0 Å². The van der Waals surface area contributed by atoms with Gasteiger partial charge in [-0.2, -0.15) is 13.2 Å². The fourth-order valence-corrected chi connectivity index (χ4v) is 2.22. The van der Waals surface area contributed by atoms with Crippen molar-refractivity contribution in [3.63, 3.8) is 0 Å². The monoisotopic (exact) mass is 243 g/mol. The Morgan fingerprint density at radius 2 is 1.71 bits per heavy atom. The summed E-state index contributed by atoms with van der Waals surface area (Å²) in [4.78, 5) is 0. The van der Waals surface area contributed by atoms with Gasteiger partial charge in [0.25, 0.3) is 0 Å². The molecule has 0 spiro atoms. The minimum absolute atomic E-state index is 0.208. The average molecular weight is 243 g/mol. The highest BCUT2D eigenvalue weighted by atomic mass is 19.4. The van der Waals surface area contributed by atoms with Crippen molar-refractivity contribution < 1.29 is 13.2 Å². The van der Waals surface area contributed by atoms with Crippen molar-refractivity contribution in [1.82, 2.24) is 5.32 Å². The summed E-state index contributed by atoms with van der Waals surface area (Å²) < 4.78 is 37.2. The maximum atomic E-state index is 12.4. The fourth-order valence-electron chi connectivity index (χ4n) is 2.22. The number of halogens is 3. The van der Waals surface area contributed by atoms with Crippen LogP contribution in [-0.2, 0) is 6.18 Å².